The molecule has 112 heavy (non-hydrogen) atoms. The number of aromatic nitrogens is 6. The van der Waals surface area contributed by atoms with Gasteiger partial charge in [0, 0.05) is 54.3 Å². The van der Waals surface area contributed by atoms with E-state index in [9.17, 15) is 24.0 Å². The number of nitrogens with one attached hydrogen (secondary N) is 3. The predicted octanol–water partition coefficient (Wildman–Crippen LogP) is 20.4. The minimum Gasteiger partial charge on any atom is -0.444 e. The minimum atomic E-state index is -0.557. The van der Waals surface area contributed by atoms with E-state index in [0.717, 1.165) is 53.1 Å². The quantitative estimate of drug-likeness (QED) is 0.0477. The van der Waals surface area contributed by atoms with Crippen LogP contribution in [0.1, 0.15) is 148 Å². The van der Waals surface area contributed by atoms with Crippen LogP contribution in [-0.4, -0.2) is 124 Å². The molecule has 6 aliphatic rings. The van der Waals surface area contributed by atoms with E-state index >= 15 is 0 Å². The van der Waals surface area contributed by atoms with Gasteiger partial charge in [0.25, 0.3) is 17.7 Å². The number of para-hydroxylation sites is 3. The summed E-state index contributed by atoms with van der Waals surface area (Å²) >= 11 is 43.4. The number of nitrogens with zero attached hydrogens (tertiary/aromatic N) is 11. The molecule has 6 aliphatic heterocycles. The van der Waals surface area contributed by atoms with E-state index in [0.29, 0.717) is 133 Å². The summed E-state index contributed by atoms with van der Waals surface area (Å²) in [7, 11) is 0. The van der Waals surface area contributed by atoms with Crippen molar-refractivity contribution in [2.75, 3.05) is 74.6 Å². The van der Waals surface area contributed by atoms with Crippen LogP contribution in [0.15, 0.2) is 148 Å². The normalized spacial score (nSPS) is 16.4. The van der Waals surface area contributed by atoms with Crippen LogP contribution in [0.4, 0.5) is 55.6 Å². The van der Waals surface area contributed by atoms with E-state index in [1.807, 2.05) is 112 Å². The first kappa shape index (κ1) is 83.4. The van der Waals surface area contributed by atoms with Crippen LogP contribution in [0.2, 0.25) is 30.1 Å². The van der Waals surface area contributed by atoms with E-state index in [1.165, 1.54) is 69.9 Å². The van der Waals surface area contributed by atoms with Gasteiger partial charge in [-0.05, 0) is 221 Å². The first-order valence-corrected chi connectivity index (χ1v) is 42.1. The van der Waals surface area contributed by atoms with Crippen molar-refractivity contribution in [2.45, 2.75) is 150 Å². The lowest BCUT2D eigenvalue weighted by atomic mass is 9.83. The Morgan fingerprint density at radius 3 is 1.25 bits per heavy atom. The summed E-state index contributed by atoms with van der Waals surface area (Å²) in [5.41, 5.74) is 16.4. The fourth-order valence-electron chi connectivity index (χ4n) is 13.6. The standard InChI is InChI=1S/C28H29Cl2N5O3S.C23H21Cl2N5OS.C16H24N2O2.C13H9Cl2N3OS2/c1-27(2,3)38-26(37)35-12-11-16-13-17(9-10-19(16)28(35,4)5)32-25-31-14-18-23(33-25)39-15-34(24(18)36)22-20(29)7-6-8-21(22)30;1-23(2)16-7-6-14(10-13(16)8-9-27-23)28-22-26-11-15-20(29-22)32-12-30(21(15)31)19-17(24)4-3-5-18(19)25;1-15(2,3)20-14(19)18-9-8-11-10-12(17)6-7-13(11)16(18,4)5;1-20-13-16-5-7-11(17-13)21-6-18(12(7)19)10-8(14)3-2-4-9(10)15/h6-10,13-14H,11-12,15H2,1-5H3,(H,31,32,33);3-7,10-11,27H,8-9,12H2,1-2H3,(H,26,28,29);6-7,10H,8-9,17H2,1-5H3;2-5H,6H2,1H3. The third-order valence-electron chi connectivity index (χ3n) is 19.1. The topological polar surface area (TPSA) is 259 Å². The summed E-state index contributed by atoms with van der Waals surface area (Å²) < 4.78 is 11.2. The lowest BCUT2D eigenvalue weighted by Gasteiger charge is -2.44. The Hall–Kier alpha value is -7.99. The molecule has 9 aromatic rings. The Kier molecular flexibility index (Phi) is 25.2. The summed E-state index contributed by atoms with van der Waals surface area (Å²) in [5.74, 6) is 1.30. The Morgan fingerprint density at radius 1 is 0.500 bits per heavy atom. The molecule has 5 amide bonds. The molecule has 6 aromatic carbocycles. The molecule has 5 N–H and O–H groups in total. The highest BCUT2D eigenvalue weighted by atomic mass is 35.5. The molecular formula is C80H83Cl6N15O7S4. The van der Waals surface area contributed by atoms with Crippen LogP contribution in [0.3, 0.4) is 0 Å². The average molecular weight is 1710 g/mol. The number of ether oxygens (including phenoxy) is 2. The molecule has 3 aromatic heterocycles. The molecule has 0 radical (unpaired) electrons. The van der Waals surface area contributed by atoms with E-state index in [-0.39, 0.29) is 41.0 Å². The number of thioether (sulfide) groups is 4. The van der Waals surface area contributed by atoms with Crippen molar-refractivity contribution in [3.05, 3.63) is 208 Å². The second kappa shape index (κ2) is 33.8. The number of fused-ring (bicyclic) bond motifs is 6. The van der Waals surface area contributed by atoms with E-state index < -0.39 is 16.7 Å². The maximum atomic E-state index is 13.2. The molecule has 586 valence electrons. The predicted molar refractivity (Wildman–Crippen MR) is 454 cm³/mol. The number of nitrogens with two attached hydrogens (primary N) is 1. The lowest BCUT2D eigenvalue weighted by molar-refractivity contribution is -0.00147. The molecule has 15 rings (SSSR count). The average Bonchev–Trinajstić information content (AvgIpc) is 0.769. The van der Waals surface area contributed by atoms with Crippen molar-refractivity contribution in [2.24, 2.45) is 0 Å². The molecule has 0 saturated heterocycles. The van der Waals surface area contributed by atoms with Gasteiger partial charge in [-0.25, -0.2) is 39.5 Å². The second-order valence-electron chi connectivity index (χ2n) is 30.2. The first-order chi connectivity index (χ1) is 52.9. The van der Waals surface area contributed by atoms with Gasteiger partial charge in [0.05, 0.1) is 92.6 Å². The Morgan fingerprint density at radius 2 is 0.857 bits per heavy atom. The molecule has 32 heteroatoms. The fraction of sp³-hybridized carbons (Fsp3) is 0.338. The largest absolute Gasteiger partial charge is 0.444 e. The number of hydrogen-bond acceptors (Lipinski definition) is 21. The second-order valence-corrected chi connectivity index (χ2v) is 36.2. The van der Waals surface area contributed by atoms with Crippen molar-refractivity contribution < 1.29 is 33.4 Å². The van der Waals surface area contributed by atoms with Crippen molar-refractivity contribution in [3.8, 4) is 0 Å². The van der Waals surface area contributed by atoms with Crippen molar-refractivity contribution in [3.63, 3.8) is 0 Å². The third-order valence-corrected chi connectivity index (χ3v) is 24.4. The molecule has 0 spiro atoms. The number of anilines is 8. The summed E-state index contributed by atoms with van der Waals surface area (Å²) in [6.45, 7) is 26.0. The van der Waals surface area contributed by atoms with Gasteiger partial charge in [-0.2, -0.15) is 0 Å². The van der Waals surface area contributed by atoms with Gasteiger partial charge in [-0.3, -0.25) is 38.9 Å². The number of benzene rings is 6. The molecule has 22 nitrogen and oxygen atoms in total. The van der Waals surface area contributed by atoms with Crippen LogP contribution in [-0.2, 0) is 45.4 Å². The number of carbonyl (C=O) groups excluding carboxylic acids is 5. The smallest absolute Gasteiger partial charge is 0.411 e. The zero-order valence-electron chi connectivity index (χ0n) is 63.7. The molecule has 9 heterocycles. The van der Waals surface area contributed by atoms with E-state index in [1.54, 1.807) is 91.5 Å². The van der Waals surface area contributed by atoms with Gasteiger partial charge in [-0.1, -0.05) is 153 Å². The van der Waals surface area contributed by atoms with Gasteiger partial charge in [0.2, 0.25) is 11.9 Å². The molecule has 0 bridgehead atoms. The molecule has 0 atom stereocenters. The van der Waals surface area contributed by atoms with E-state index in [4.69, 9.17) is 84.8 Å². The minimum absolute atomic E-state index is 0.0398. The Bertz CT molecular complexity index is 5130. The number of amides is 5. The van der Waals surface area contributed by atoms with Gasteiger partial charge in [-0.15, -0.1) is 0 Å². The number of carbonyl (C=O) groups is 5. The van der Waals surface area contributed by atoms with E-state index in [2.05, 4.69) is 77.9 Å². The van der Waals surface area contributed by atoms with Crippen LogP contribution < -0.4 is 36.4 Å². The molecule has 0 aliphatic carbocycles. The molecular weight excluding hydrogens is 1620 g/mol. The summed E-state index contributed by atoms with van der Waals surface area (Å²) in [6, 6.07) is 33.8. The first-order valence-electron chi connectivity index (χ1n) is 35.7. The Labute approximate surface area is 698 Å². The maximum Gasteiger partial charge on any atom is 0.411 e. The number of rotatable bonds is 8. The molecule has 0 unspecified atom stereocenters. The highest BCUT2D eigenvalue weighted by molar-refractivity contribution is 8.00. The molecule has 0 saturated carbocycles. The Balaban J connectivity index is 0.000000144. The fourth-order valence-corrected chi connectivity index (χ4v) is 18.7. The van der Waals surface area contributed by atoms with Crippen LogP contribution >= 0.6 is 117 Å². The van der Waals surface area contributed by atoms with Crippen molar-refractivity contribution in [1.82, 2.24) is 45.0 Å². The number of halogens is 6. The summed E-state index contributed by atoms with van der Waals surface area (Å²) in [5, 5.41) is 15.2. The highest BCUT2D eigenvalue weighted by Crippen LogP contribution is 2.45. The maximum absolute atomic E-state index is 13.2. The number of nitrogen functional groups attached to an aromatic ring is 1. The SMILES string of the molecule is CC(C)(C)OC(=O)N1CCc2cc(N)ccc2C1(C)C.CC(C)(C)OC(=O)N1CCc2cc(Nc3ncc4c(n3)SCN(c3c(Cl)cccc3Cl)C4=O)ccc2C1(C)C.CC1(C)NCCc2cc(Nc3ncc4c(n3)SCN(c3c(Cl)cccc3Cl)C4=O)ccc21.CSc1ncc2c(n1)SCN(c1c(Cl)cccc1Cl)C2=O. The van der Waals surface area contributed by atoms with Gasteiger partial charge in [0.15, 0.2) is 5.16 Å². The zero-order valence-corrected chi connectivity index (χ0v) is 71.5. The van der Waals surface area contributed by atoms with Crippen molar-refractivity contribution in [1.29, 1.82) is 0 Å². The highest BCUT2D eigenvalue weighted by Gasteiger charge is 2.42. The number of hydrogen-bond donors (Lipinski definition) is 4. The van der Waals surface area contributed by atoms with Gasteiger partial charge < -0.3 is 31.2 Å². The lowest BCUT2D eigenvalue weighted by Crippen LogP contribution is -2.51. The van der Waals surface area contributed by atoms with Crippen molar-refractivity contribution >= 4 is 193 Å². The van der Waals surface area contributed by atoms with Crippen LogP contribution in [0.25, 0.3) is 0 Å². The van der Waals surface area contributed by atoms with Crippen LogP contribution in [0, 0.1) is 0 Å². The van der Waals surface area contributed by atoms with Gasteiger partial charge in [0.1, 0.15) is 26.3 Å². The van der Waals surface area contributed by atoms with Crippen LogP contribution in [0.5, 0.6) is 0 Å². The van der Waals surface area contributed by atoms with Gasteiger partial charge >= 0.3 is 12.2 Å². The third kappa shape index (κ3) is 18.4. The monoisotopic (exact) mass is 1700 g/mol. The summed E-state index contributed by atoms with van der Waals surface area (Å²) in [6.07, 6.45) is 8.44. The molecule has 0 fully saturated rings. The summed E-state index contributed by atoms with van der Waals surface area (Å²) in [4.78, 5) is 98.9. The zero-order chi connectivity index (χ0) is 80.7.